The summed E-state index contributed by atoms with van der Waals surface area (Å²) in [5.41, 5.74) is 2.98. The number of rotatable bonds is 4. The van der Waals surface area contributed by atoms with Gasteiger partial charge in [-0.2, -0.15) is 5.10 Å². The first-order chi connectivity index (χ1) is 14.2. The Morgan fingerprint density at radius 3 is 2.62 bits per heavy atom. The van der Waals surface area contributed by atoms with Gasteiger partial charge in [-0.05, 0) is 37.0 Å². The minimum absolute atomic E-state index is 0.166. The smallest absolute Gasteiger partial charge is 0.224 e. The molecule has 1 aromatic carbocycles. The number of nitrogens with zero attached hydrogens (tertiary/aromatic N) is 6. The quantitative estimate of drug-likeness (QED) is 0.678. The second kappa shape index (κ2) is 7.44. The van der Waals surface area contributed by atoms with E-state index in [0.717, 1.165) is 30.6 Å². The summed E-state index contributed by atoms with van der Waals surface area (Å²) in [6.45, 7) is 2.70. The van der Waals surface area contributed by atoms with E-state index in [1.54, 1.807) is 12.7 Å². The van der Waals surface area contributed by atoms with Crippen molar-refractivity contribution in [3.63, 3.8) is 0 Å². The molecular weight excluding hydrogens is 368 g/mol. The van der Waals surface area contributed by atoms with Crippen molar-refractivity contribution in [2.24, 2.45) is 0 Å². The van der Waals surface area contributed by atoms with Gasteiger partial charge in [0.15, 0.2) is 0 Å². The van der Waals surface area contributed by atoms with Gasteiger partial charge in [-0.3, -0.25) is 4.79 Å². The molecule has 2 aliphatic heterocycles. The number of piperidine rings is 1. The molecule has 150 valence electrons. The second-order valence-corrected chi connectivity index (χ2v) is 7.71. The summed E-state index contributed by atoms with van der Waals surface area (Å²) in [7, 11) is 0. The predicted molar refractivity (Wildman–Crippen MR) is 105 cm³/mol. The number of aromatic nitrogens is 5. The molecule has 0 aliphatic carbocycles. The molecule has 1 spiro atoms. The fourth-order valence-corrected chi connectivity index (χ4v) is 4.33. The van der Waals surface area contributed by atoms with E-state index in [4.69, 9.17) is 9.84 Å². The molecule has 8 nitrogen and oxygen atoms in total. The maximum absolute atomic E-state index is 12.6. The van der Waals surface area contributed by atoms with Crippen LogP contribution < -0.4 is 0 Å². The molecule has 2 aromatic heterocycles. The number of hydrogen-bond donors (Lipinski definition) is 0. The molecule has 1 saturated heterocycles. The van der Waals surface area contributed by atoms with E-state index in [-0.39, 0.29) is 11.5 Å². The van der Waals surface area contributed by atoms with Gasteiger partial charge in [-0.1, -0.05) is 18.2 Å². The SMILES string of the molecule is O=C(CCn1cnnc1)N1CCC2(CC1)OCCc1cn(-c3ccccc3)nc12. The van der Waals surface area contributed by atoms with Gasteiger partial charge in [-0.25, -0.2) is 4.68 Å². The highest BCUT2D eigenvalue weighted by atomic mass is 16.5. The maximum Gasteiger partial charge on any atom is 0.224 e. The Hall–Kier alpha value is -3.00. The van der Waals surface area contributed by atoms with Crippen LogP contribution in [-0.2, 0) is 28.1 Å². The number of ether oxygens (including phenoxy) is 1. The van der Waals surface area contributed by atoms with Crippen molar-refractivity contribution in [1.82, 2.24) is 29.4 Å². The lowest BCUT2D eigenvalue weighted by molar-refractivity contribution is -0.141. The van der Waals surface area contributed by atoms with Crippen LogP contribution in [0.2, 0.25) is 0 Å². The van der Waals surface area contributed by atoms with Crippen LogP contribution in [0.3, 0.4) is 0 Å². The highest BCUT2D eigenvalue weighted by molar-refractivity contribution is 5.76. The number of likely N-dealkylation sites (tertiary alicyclic amines) is 1. The molecule has 0 atom stereocenters. The fraction of sp³-hybridized carbons (Fsp3) is 0.429. The Kier molecular flexibility index (Phi) is 4.63. The molecule has 1 fully saturated rings. The van der Waals surface area contributed by atoms with Crippen LogP contribution >= 0.6 is 0 Å². The van der Waals surface area contributed by atoms with Crippen molar-refractivity contribution in [2.75, 3.05) is 19.7 Å². The third-order valence-electron chi connectivity index (χ3n) is 5.97. The van der Waals surface area contributed by atoms with Gasteiger partial charge in [0.2, 0.25) is 5.91 Å². The summed E-state index contributed by atoms with van der Waals surface area (Å²) in [5, 5.41) is 12.5. The fourth-order valence-electron chi connectivity index (χ4n) is 4.33. The Bertz CT molecular complexity index is 974. The molecule has 0 N–H and O–H groups in total. The molecule has 2 aliphatic rings. The number of hydrogen-bond acceptors (Lipinski definition) is 5. The number of fused-ring (bicyclic) bond motifs is 2. The lowest BCUT2D eigenvalue weighted by Crippen LogP contribution is -2.48. The third-order valence-corrected chi connectivity index (χ3v) is 5.97. The van der Waals surface area contributed by atoms with Gasteiger partial charge in [0.25, 0.3) is 0 Å². The van der Waals surface area contributed by atoms with Crippen LogP contribution in [-0.4, -0.2) is 55.0 Å². The molecule has 3 aromatic rings. The van der Waals surface area contributed by atoms with Crippen molar-refractivity contribution < 1.29 is 9.53 Å². The van der Waals surface area contributed by atoms with Crippen molar-refractivity contribution in [2.45, 2.75) is 37.8 Å². The van der Waals surface area contributed by atoms with Gasteiger partial charge in [-0.15, -0.1) is 10.2 Å². The average Bonchev–Trinajstić information content (AvgIpc) is 3.44. The van der Waals surface area contributed by atoms with Crippen LogP contribution in [0.1, 0.15) is 30.5 Å². The zero-order valence-electron chi connectivity index (χ0n) is 16.3. The molecule has 8 heteroatoms. The van der Waals surface area contributed by atoms with Crippen LogP contribution in [0.5, 0.6) is 0 Å². The first-order valence-electron chi connectivity index (χ1n) is 10.1. The average molecular weight is 392 g/mol. The lowest BCUT2D eigenvalue weighted by atomic mass is 9.83. The molecule has 1 amide bonds. The minimum Gasteiger partial charge on any atom is -0.368 e. The Balaban J connectivity index is 1.29. The first kappa shape index (κ1) is 18.1. The van der Waals surface area contributed by atoms with Gasteiger partial charge < -0.3 is 14.2 Å². The zero-order chi connectivity index (χ0) is 19.7. The van der Waals surface area contributed by atoms with Crippen molar-refractivity contribution in [3.05, 3.63) is 60.4 Å². The topological polar surface area (TPSA) is 78.1 Å². The van der Waals surface area contributed by atoms with E-state index >= 15 is 0 Å². The molecule has 0 saturated carbocycles. The summed E-state index contributed by atoms with van der Waals surface area (Å²) in [4.78, 5) is 14.6. The summed E-state index contributed by atoms with van der Waals surface area (Å²) >= 11 is 0. The summed E-state index contributed by atoms with van der Waals surface area (Å²) in [5.74, 6) is 0.166. The molecule has 5 rings (SSSR count). The molecular formula is C21H24N6O2. The normalized spacial score (nSPS) is 18.0. The molecule has 29 heavy (non-hydrogen) atoms. The number of carbonyl (C=O) groups is 1. The minimum atomic E-state index is -0.376. The van der Waals surface area contributed by atoms with Gasteiger partial charge in [0.05, 0.1) is 18.0 Å². The summed E-state index contributed by atoms with van der Waals surface area (Å²) < 4.78 is 10.1. The van der Waals surface area contributed by atoms with E-state index in [1.165, 1.54) is 5.56 Å². The number of amides is 1. The largest absolute Gasteiger partial charge is 0.368 e. The molecule has 0 radical (unpaired) electrons. The third kappa shape index (κ3) is 3.44. The van der Waals surface area contributed by atoms with Gasteiger partial charge in [0, 0.05) is 32.3 Å². The first-order valence-corrected chi connectivity index (χ1v) is 10.1. The summed E-state index contributed by atoms with van der Waals surface area (Å²) in [6, 6.07) is 10.2. The van der Waals surface area contributed by atoms with E-state index in [0.29, 0.717) is 32.7 Å². The Morgan fingerprint density at radius 1 is 1.10 bits per heavy atom. The highest BCUT2D eigenvalue weighted by Crippen LogP contribution is 2.41. The number of carbonyl (C=O) groups excluding carboxylic acids is 1. The van der Waals surface area contributed by atoms with Gasteiger partial charge in [0.1, 0.15) is 18.3 Å². The van der Waals surface area contributed by atoms with E-state index in [9.17, 15) is 4.79 Å². The number of para-hydroxylation sites is 1. The second-order valence-electron chi connectivity index (χ2n) is 7.71. The molecule has 0 bridgehead atoms. The van der Waals surface area contributed by atoms with Crippen LogP contribution in [0.25, 0.3) is 5.69 Å². The van der Waals surface area contributed by atoms with E-state index in [2.05, 4.69) is 28.5 Å². The van der Waals surface area contributed by atoms with Crippen LogP contribution in [0, 0.1) is 0 Å². The standard InChI is InChI=1S/C21H24N6O2/c28-19(6-10-25-15-22-23-16-25)26-11-8-21(9-12-26)20-17(7-13-29-21)14-27(24-20)18-4-2-1-3-5-18/h1-5,14-16H,6-13H2. The van der Waals surface area contributed by atoms with Crippen molar-refractivity contribution in [1.29, 1.82) is 0 Å². The van der Waals surface area contributed by atoms with Crippen molar-refractivity contribution >= 4 is 5.91 Å². The highest BCUT2D eigenvalue weighted by Gasteiger charge is 2.44. The maximum atomic E-state index is 12.6. The van der Waals surface area contributed by atoms with E-state index in [1.807, 2.05) is 32.3 Å². The Morgan fingerprint density at radius 2 is 1.86 bits per heavy atom. The number of aryl methyl sites for hydroxylation is 1. The van der Waals surface area contributed by atoms with E-state index < -0.39 is 0 Å². The Labute approximate surface area is 169 Å². The molecule has 0 unspecified atom stereocenters. The monoisotopic (exact) mass is 392 g/mol. The molecule has 4 heterocycles. The van der Waals surface area contributed by atoms with Gasteiger partial charge >= 0.3 is 0 Å². The van der Waals surface area contributed by atoms with Crippen LogP contribution in [0.4, 0.5) is 0 Å². The van der Waals surface area contributed by atoms with Crippen LogP contribution in [0.15, 0.2) is 49.2 Å². The zero-order valence-corrected chi connectivity index (χ0v) is 16.3. The number of benzene rings is 1. The predicted octanol–water partition coefficient (Wildman–Crippen LogP) is 1.94. The summed E-state index contributed by atoms with van der Waals surface area (Å²) in [6.07, 6.45) is 8.31. The lowest BCUT2D eigenvalue weighted by Gasteiger charge is -2.43. The van der Waals surface area contributed by atoms with Crippen molar-refractivity contribution in [3.8, 4) is 5.69 Å².